The van der Waals surface area contributed by atoms with Gasteiger partial charge in [0.05, 0.1) is 25.0 Å². The highest BCUT2D eigenvalue weighted by atomic mass is 16.5. The monoisotopic (exact) mass is 243 g/mol. The molecule has 0 aliphatic carbocycles. The summed E-state index contributed by atoms with van der Waals surface area (Å²) >= 11 is 0. The molecule has 94 valence electrons. The van der Waals surface area contributed by atoms with Crippen LogP contribution >= 0.6 is 0 Å². The van der Waals surface area contributed by atoms with Gasteiger partial charge in [-0.25, -0.2) is 4.98 Å². The number of nitrogens with zero attached hydrogens (tertiary/aromatic N) is 1. The van der Waals surface area contributed by atoms with Crippen molar-refractivity contribution in [1.29, 1.82) is 0 Å². The first-order valence-electron chi connectivity index (χ1n) is 6.29. The topological polar surface area (TPSA) is 49.9 Å². The normalized spacial score (nSPS) is 19.1. The molecule has 3 rings (SSSR count). The number of nitrogens with one attached hydrogen (secondary N) is 2. The van der Waals surface area contributed by atoms with Crippen LogP contribution in [0.2, 0.25) is 0 Å². The van der Waals surface area contributed by atoms with Gasteiger partial charge in [-0.05, 0) is 49.2 Å². The van der Waals surface area contributed by atoms with Crippen LogP contribution in [0.5, 0.6) is 5.75 Å². The molecule has 1 aromatic carbocycles. The summed E-state index contributed by atoms with van der Waals surface area (Å²) < 4.78 is 5.16. The van der Waals surface area contributed by atoms with E-state index in [9.17, 15) is 0 Å². The standard InChI is InChI=1S/C14H17N3O/c1-18-11-6-4-10(5-7-11)13-9-16-14(17-13)12-3-2-8-15-12/h4-7,9,12,15H,2-3,8H2,1H3,(H,16,17). The molecular weight excluding hydrogens is 226 g/mol. The number of H-pyrrole nitrogens is 1. The molecule has 0 radical (unpaired) electrons. The smallest absolute Gasteiger partial charge is 0.123 e. The fraction of sp³-hybridized carbons (Fsp3) is 0.357. The van der Waals surface area contributed by atoms with Gasteiger partial charge in [-0.15, -0.1) is 0 Å². The molecule has 18 heavy (non-hydrogen) atoms. The van der Waals surface area contributed by atoms with Crippen molar-refractivity contribution in [1.82, 2.24) is 15.3 Å². The molecule has 1 aliphatic heterocycles. The lowest BCUT2D eigenvalue weighted by molar-refractivity contribution is 0.415. The average molecular weight is 243 g/mol. The molecule has 0 saturated carbocycles. The van der Waals surface area contributed by atoms with Crippen molar-refractivity contribution < 1.29 is 4.74 Å². The minimum Gasteiger partial charge on any atom is -0.497 e. The van der Waals surface area contributed by atoms with E-state index >= 15 is 0 Å². The van der Waals surface area contributed by atoms with Crippen molar-refractivity contribution in [3.05, 3.63) is 36.3 Å². The van der Waals surface area contributed by atoms with Crippen LogP contribution in [0.3, 0.4) is 0 Å². The largest absolute Gasteiger partial charge is 0.497 e. The second-order valence-electron chi connectivity index (χ2n) is 4.56. The Labute approximate surface area is 106 Å². The molecule has 4 heteroatoms. The van der Waals surface area contributed by atoms with E-state index in [4.69, 9.17) is 4.74 Å². The van der Waals surface area contributed by atoms with Crippen LogP contribution < -0.4 is 10.1 Å². The van der Waals surface area contributed by atoms with Gasteiger partial charge < -0.3 is 15.0 Å². The zero-order valence-electron chi connectivity index (χ0n) is 10.4. The highest BCUT2D eigenvalue weighted by molar-refractivity contribution is 5.59. The van der Waals surface area contributed by atoms with Gasteiger partial charge in [-0.1, -0.05) is 0 Å². The number of hydrogen-bond donors (Lipinski definition) is 2. The van der Waals surface area contributed by atoms with Crippen LogP contribution in [-0.2, 0) is 0 Å². The second kappa shape index (κ2) is 4.82. The Morgan fingerprint density at radius 2 is 2.11 bits per heavy atom. The van der Waals surface area contributed by atoms with Crippen LogP contribution in [0.15, 0.2) is 30.5 Å². The molecular formula is C14H17N3O. The van der Waals surface area contributed by atoms with Gasteiger partial charge >= 0.3 is 0 Å². The molecule has 2 N–H and O–H groups in total. The number of aromatic amines is 1. The third-order valence-electron chi connectivity index (χ3n) is 3.39. The van der Waals surface area contributed by atoms with Crippen molar-refractivity contribution >= 4 is 0 Å². The number of imidazole rings is 1. The molecule has 0 bridgehead atoms. The fourth-order valence-electron chi connectivity index (χ4n) is 2.35. The Bertz CT molecular complexity index is 512. The van der Waals surface area contributed by atoms with E-state index < -0.39 is 0 Å². The number of hydrogen-bond acceptors (Lipinski definition) is 3. The maximum absolute atomic E-state index is 5.16. The molecule has 0 amide bonds. The molecule has 1 unspecified atom stereocenters. The van der Waals surface area contributed by atoms with Crippen LogP contribution in [0.1, 0.15) is 24.7 Å². The summed E-state index contributed by atoms with van der Waals surface area (Å²) in [5, 5.41) is 3.44. The first kappa shape index (κ1) is 11.3. The van der Waals surface area contributed by atoms with E-state index in [1.807, 2.05) is 30.5 Å². The maximum Gasteiger partial charge on any atom is 0.123 e. The van der Waals surface area contributed by atoms with E-state index in [-0.39, 0.29) is 0 Å². The predicted octanol–water partition coefficient (Wildman–Crippen LogP) is 2.51. The van der Waals surface area contributed by atoms with Crippen LogP contribution in [0.25, 0.3) is 11.3 Å². The zero-order chi connectivity index (χ0) is 12.4. The Morgan fingerprint density at radius 3 is 2.78 bits per heavy atom. The Hall–Kier alpha value is -1.81. The summed E-state index contributed by atoms with van der Waals surface area (Å²) in [4.78, 5) is 7.86. The number of benzene rings is 1. The number of ether oxygens (including phenoxy) is 1. The molecule has 2 heterocycles. The first-order valence-corrected chi connectivity index (χ1v) is 6.29. The lowest BCUT2D eigenvalue weighted by Crippen LogP contribution is -2.14. The van der Waals surface area contributed by atoms with Crippen LogP contribution in [0, 0.1) is 0 Å². The predicted molar refractivity (Wildman–Crippen MR) is 70.6 cm³/mol. The Kier molecular flexibility index (Phi) is 3.02. The van der Waals surface area contributed by atoms with Gasteiger partial charge in [0.25, 0.3) is 0 Å². The van der Waals surface area contributed by atoms with Crippen molar-refractivity contribution in [3.8, 4) is 17.0 Å². The molecule has 1 saturated heterocycles. The number of aromatic nitrogens is 2. The minimum absolute atomic E-state index is 0.386. The van der Waals surface area contributed by atoms with Gasteiger partial charge in [-0.3, -0.25) is 0 Å². The summed E-state index contributed by atoms with van der Waals surface area (Å²) in [7, 11) is 1.68. The summed E-state index contributed by atoms with van der Waals surface area (Å²) in [5.74, 6) is 1.91. The van der Waals surface area contributed by atoms with E-state index in [1.54, 1.807) is 7.11 Å². The number of rotatable bonds is 3. The van der Waals surface area contributed by atoms with E-state index in [0.717, 1.165) is 35.8 Å². The third kappa shape index (κ3) is 2.11. The lowest BCUT2D eigenvalue weighted by Gasteiger charge is -2.05. The third-order valence-corrected chi connectivity index (χ3v) is 3.39. The fourth-order valence-corrected chi connectivity index (χ4v) is 2.35. The molecule has 1 fully saturated rings. The number of methoxy groups -OCH3 is 1. The van der Waals surface area contributed by atoms with Crippen molar-refractivity contribution in [2.45, 2.75) is 18.9 Å². The quantitative estimate of drug-likeness (QED) is 0.870. The lowest BCUT2D eigenvalue weighted by atomic mass is 10.1. The Morgan fingerprint density at radius 1 is 1.28 bits per heavy atom. The summed E-state index contributed by atoms with van der Waals surface area (Å²) in [5.41, 5.74) is 2.19. The van der Waals surface area contributed by atoms with Gasteiger partial charge in [-0.2, -0.15) is 0 Å². The van der Waals surface area contributed by atoms with E-state index in [2.05, 4.69) is 15.3 Å². The molecule has 1 aromatic heterocycles. The van der Waals surface area contributed by atoms with Crippen molar-refractivity contribution in [3.63, 3.8) is 0 Å². The van der Waals surface area contributed by atoms with Crippen molar-refractivity contribution in [2.24, 2.45) is 0 Å². The summed E-state index contributed by atoms with van der Waals surface area (Å²) in [6.07, 6.45) is 4.29. The average Bonchev–Trinajstić information content (AvgIpc) is 3.09. The van der Waals surface area contributed by atoms with Gasteiger partial charge in [0, 0.05) is 0 Å². The summed E-state index contributed by atoms with van der Waals surface area (Å²) in [6, 6.07) is 8.39. The van der Waals surface area contributed by atoms with Gasteiger partial charge in [0.1, 0.15) is 11.6 Å². The minimum atomic E-state index is 0.386. The highest BCUT2D eigenvalue weighted by Crippen LogP contribution is 2.25. The van der Waals surface area contributed by atoms with Gasteiger partial charge in [0.2, 0.25) is 0 Å². The molecule has 1 aliphatic rings. The molecule has 4 nitrogen and oxygen atoms in total. The van der Waals surface area contributed by atoms with E-state index in [0.29, 0.717) is 6.04 Å². The molecule has 2 aromatic rings. The SMILES string of the molecule is COc1ccc(-c2cnc(C3CCCN3)[nH]2)cc1. The van der Waals surface area contributed by atoms with E-state index in [1.165, 1.54) is 6.42 Å². The molecule has 0 spiro atoms. The maximum atomic E-state index is 5.16. The summed E-state index contributed by atoms with van der Waals surface area (Å²) in [6.45, 7) is 1.09. The zero-order valence-corrected chi connectivity index (χ0v) is 10.4. The van der Waals surface area contributed by atoms with Gasteiger partial charge in [0.15, 0.2) is 0 Å². The van der Waals surface area contributed by atoms with Crippen LogP contribution in [0.4, 0.5) is 0 Å². The second-order valence-corrected chi connectivity index (χ2v) is 4.56. The van der Waals surface area contributed by atoms with Crippen LogP contribution in [-0.4, -0.2) is 23.6 Å². The highest BCUT2D eigenvalue weighted by Gasteiger charge is 2.19. The van der Waals surface area contributed by atoms with Crippen molar-refractivity contribution in [2.75, 3.05) is 13.7 Å². The molecule has 1 atom stereocenters. The Balaban J connectivity index is 1.82. The first-order chi connectivity index (χ1) is 8.86.